The third-order valence-corrected chi connectivity index (χ3v) is 5.55. The summed E-state index contributed by atoms with van der Waals surface area (Å²) in [6.45, 7) is 1.24. The molecule has 0 aliphatic rings. The highest BCUT2D eigenvalue weighted by molar-refractivity contribution is 7.99. The number of thioether (sulfide) groups is 1. The Morgan fingerprint density at radius 2 is 1.84 bits per heavy atom. The summed E-state index contributed by atoms with van der Waals surface area (Å²) in [5.74, 6) is 0.0357. The molecule has 0 aliphatic carbocycles. The zero-order valence-corrected chi connectivity index (χ0v) is 18.2. The van der Waals surface area contributed by atoms with Gasteiger partial charge in [-0.25, -0.2) is 4.98 Å². The second-order valence-electron chi connectivity index (χ2n) is 7.24. The second kappa shape index (κ2) is 9.91. The van der Waals surface area contributed by atoms with Crippen LogP contribution in [0.25, 0.3) is 10.9 Å². The van der Waals surface area contributed by atoms with Gasteiger partial charge in [-0.1, -0.05) is 36.0 Å². The zero-order chi connectivity index (χ0) is 22.5. The van der Waals surface area contributed by atoms with Crippen molar-refractivity contribution in [3.8, 4) is 5.75 Å². The van der Waals surface area contributed by atoms with Crippen molar-refractivity contribution in [2.45, 2.75) is 38.2 Å². The number of nitrogens with zero attached hydrogens (tertiary/aromatic N) is 3. The quantitative estimate of drug-likeness (QED) is 0.380. The molecule has 31 heavy (non-hydrogen) atoms. The first-order valence-electron chi connectivity index (χ1n) is 9.68. The first-order valence-corrected chi connectivity index (χ1v) is 10.7. The number of carbonyl (C=O) groups excluding carboxylic acids is 1. The Labute approximate surface area is 182 Å². The van der Waals surface area contributed by atoms with Crippen molar-refractivity contribution in [2.75, 3.05) is 12.8 Å². The number of ether oxygens (including phenoxy) is 1. The molecule has 2 aromatic carbocycles. The number of halogens is 2. The summed E-state index contributed by atoms with van der Waals surface area (Å²) in [7, 11) is 1.66. The van der Waals surface area contributed by atoms with E-state index < -0.39 is 6.61 Å². The minimum absolute atomic E-state index is 0.0670. The lowest BCUT2D eigenvalue weighted by Gasteiger charge is -2.19. The number of carbonyl (C=O) groups is 1. The molecule has 164 valence electrons. The number of aromatic nitrogens is 2. The van der Waals surface area contributed by atoms with E-state index in [-0.39, 0.29) is 29.0 Å². The van der Waals surface area contributed by atoms with Crippen LogP contribution >= 0.6 is 11.8 Å². The van der Waals surface area contributed by atoms with Crippen molar-refractivity contribution < 1.29 is 18.3 Å². The number of rotatable bonds is 8. The van der Waals surface area contributed by atoms with Crippen LogP contribution in [0.15, 0.2) is 58.5 Å². The van der Waals surface area contributed by atoms with Crippen LogP contribution in [-0.4, -0.2) is 39.8 Å². The van der Waals surface area contributed by atoms with Gasteiger partial charge in [0.05, 0.1) is 16.7 Å². The number of fused-ring (bicyclic) bond motifs is 1. The van der Waals surface area contributed by atoms with Gasteiger partial charge >= 0.3 is 6.61 Å². The van der Waals surface area contributed by atoms with Crippen LogP contribution in [0.5, 0.6) is 5.75 Å². The van der Waals surface area contributed by atoms with E-state index in [1.807, 2.05) is 19.9 Å². The molecule has 0 radical (unpaired) electrons. The average Bonchev–Trinajstić information content (AvgIpc) is 2.72. The Hall–Kier alpha value is -2.94. The Morgan fingerprint density at radius 3 is 2.48 bits per heavy atom. The van der Waals surface area contributed by atoms with Gasteiger partial charge in [-0.15, -0.1) is 0 Å². The standard InChI is InChI=1S/C22H23F2N3O3S/c1-14(2)27-20(29)17-6-4-5-7-18(17)25-22(27)31-13-19(28)26(3)12-15-8-10-16(11-9-15)30-21(23)24/h4-11,14,21H,12-13H2,1-3H3. The number of hydrogen-bond acceptors (Lipinski definition) is 5. The molecule has 0 atom stereocenters. The topological polar surface area (TPSA) is 64.4 Å². The number of benzene rings is 2. The number of amides is 1. The van der Waals surface area contributed by atoms with Gasteiger partial charge in [-0.2, -0.15) is 8.78 Å². The molecule has 0 N–H and O–H groups in total. The summed E-state index contributed by atoms with van der Waals surface area (Å²) in [5, 5.41) is 1.04. The van der Waals surface area contributed by atoms with Crippen molar-refractivity contribution in [3.63, 3.8) is 0 Å². The Balaban J connectivity index is 1.69. The molecule has 3 aromatic rings. The fourth-order valence-electron chi connectivity index (χ4n) is 3.06. The third-order valence-electron chi connectivity index (χ3n) is 4.61. The lowest BCUT2D eigenvalue weighted by atomic mass is 10.2. The molecule has 1 amide bonds. The highest BCUT2D eigenvalue weighted by atomic mass is 32.2. The molecular weight excluding hydrogens is 424 g/mol. The molecule has 9 heteroatoms. The number of para-hydroxylation sites is 1. The van der Waals surface area contributed by atoms with Crippen LogP contribution in [0.3, 0.4) is 0 Å². The molecule has 0 unspecified atom stereocenters. The maximum atomic E-state index is 12.9. The lowest BCUT2D eigenvalue weighted by molar-refractivity contribution is -0.127. The first-order chi connectivity index (χ1) is 14.8. The normalized spacial score (nSPS) is 11.3. The van der Waals surface area contributed by atoms with E-state index >= 15 is 0 Å². The highest BCUT2D eigenvalue weighted by Crippen LogP contribution is 2.22. The molecule has 0 fully saturated rings. The van der Waals surface area contributed by atoms with Crippen LogP contribution in [0.1, 0.15) is 25.5 Å². The first kappa shape index (κ1) is 22.7. The summed E-state index contributed by atoms with van der Waals surface area (Å²) in [6.07, 6.45) is 0. The summed E-state index contributed by atoms with van der Waals surface area (Å²) in [4.78, 5) is 31.6. The van der Waals surface area contributed by atoms with Gasteiger partial charge in [0.15, 0.2) is 5.16 Å². The summed E-state index contributed by atoms with van der Waals surface area (Å²) in [6, 6.07) is 13.2. The predicted octanol–water partition coefficient (Wildman–Crippen LogP) is 4.33. The summed E-state index contributed by atoms with van der Waals surface area (Å²) >= 11 is 1.22. The van der Waals surface area contributed by atoms with E-state index in [2.05, 4.69) is 9.72 Å². The fourth-order valence-corrected chi connectivity index (χ4v) is 4.13. The van der Waals surface area contributed by atoms with E-state index in [9.17, 15) is 18.4 Å². The highest BCUT2D eigenvalue weighted by Gasteiger charge is 2.17. The molecule has 0 saturated carbocycles. The molecule has 0 aliphatic heterocycles. The minimum Gasteiger partial charge on any atom is -0.435 e. The van der Waals surface area contributed by atoms with Crippen molar-refractivity contribution in [3.05, 3.63) is 64.4 Å². The Morgan fingerprint density at radius 1 is 1.16 bits per heavy atom. The van der Waals surface area contributed by atoms with Crippen LogP contribution in [-0.2, 0) is 11.3 Å². The smallest absolute Gasteiger partial charge is 0.387 e. The van der Waals surface area contributed by atoms with Crippen LogP contribution in [0.2, 0.25) is 0 Å². The molecule has 0 saturated heterocycles. The van der Waals surface area contributed by atoms with Gasteiger partial charge < -0.3 is 9.64 Å². The second-order valence-corrected chi connectivity index (χ2v) is 8.18. The van der Waals surface area contributed by atoms with Crippen molar-refractivity contribution in [2.24, 2.45) is 0 Å². The van der Waals surface area contributed by atoms with Gasteiger partial charge in [0.2, 0.25) is 5.91 Å². The summed E-state index contributed by atoms with van der Waals surface area (Å²) in [5.41, 5.74) is 1.25. The Bertz CT molecular complexity index is 1120. The average molecular weight is 448 g/mol. The van der Waals surface area contributed by atoms with E-state index in [1.165, 1.54) is 28.8 Å². The van der Waals surface area contributed by atoms with Gasteiger partial charge in [0.25, 0.3) is 5.56 Å². The maximum Gasteiger partial charge on any atom is 0.387 e. The maximum absolute atomic E-state index is 12.9. The van der Waals surface area contributed by atoms with Crippen molar-refractivity contribution >= 4 is 28.6 Å². The van der Waals surface area contributed by atoms with Crippen molar-refractivity contribution in [1.29, 1.82) is 0 Å². The molecule has 1 aromatic heterocycles. The minimum atomic E-state index is -2.88. The van der Waals surface area contributed by atoms with E-state index in [4.69, 9.17) is 0 Å². The van der Waals surface area contributed by atoms with Crippen molar-refractivity contribution in [1.82, 2.24) is 14.5 Å². The van der Waals surface area contributed by atoms with Crippen LogP contribution in [0, 0.1) is 0 Å². The number of hydrogen-bond donors (Lipinski definition) is 0. The van der Waals surface area contributed by atoms with E-state index in [0.717, 1.165) is 5.56 Å². The Kier molecular flexibility index (Phi) is 7.27. The van der Waals surface area contributed by atoms with E-state index in [1.54, 1.807) is 41.9 Å². The van der Waals surface area contributed by atoms with Gasteiger partial charge in [-0.3, -0.25) is 14.2 Å². The molecular formula is C22H23F2N3O3S. The van der Waals surface area contributed by atoms with Crippen LogP contribution in [0.4, 0.5) is 8.78 Å². The zero-order valence-electron chi connectivity index (χ0n) is 17.4. The van der Waals surface area contributed by atoms with E-state index in [0.29, 0.717) is 22.6 Å². The largest absolute Gasteiger partial charge is 0.435 e. The SMILES string of the molecule is CC(C)n1c(SCC(=O)N(C)Cc2ccc(OC(F)F)cc2)nc2ccccc2c1=O. The molecule has 0 bridgehead atoms. The monoisotopic (exact) mass is 447 g/mol. The fraction of sp³-hybridized carbons (Fsp3) is 0.318. The third kappa shape index (κ3) is 5.61. The predicted molar refractivity (Wildman–Crippen MR) is 117 cm³/mol. The van der Waals surface area contributed by atoms with Gasteiger partial charge in [0, 0.05) is 19.6 Å². The molecule has 3 rings (SSSR count). The molecule has 0 spiro atoms. The summed E-state index contributed by atoms with van der Waals surface area (Å²) < 4.78 is 30.4. The molecule has 1 heterocycles. The molecule has 6 nitrogen and oxygen atoms in total. The van der Waals surface area contributed by atoms with Gasteiger partial charge in [-0.05, 0) is 43.7 Å². The lowest BCUT2D eigenvalue weighted by Crippen LogP contribution is -2.29. The number of alkyl halides is 2. The van der Waals surface area contributed by atoms with Crippen LogP contribution < -0.4 is 10.3 Å². The van der Waals surface area contributed by atoms with Gasteiger partial charge in [0.1, 0.15) is 5.75 Å².